The first-order valence-corrected chi connectivity index (χ1v) is 5.86. The van der Waals surface area contributed by atoms with Crippen molar-refractivity contribution in [2.24, 2.45) is 0 Å². The Kier molecular flexibility index (Phi) is 3.98. The Balaban J connectivity index is 2.37. The maximum Gasteiger partial charge on any atom is 0.146 e. The van der Waals surface area contributed by atoms with Crippen LogP contribution in [0.1, 0.15) is 11.6 Å². The summed E-state index contributed by atoms with van der Waals surface area (Å²) in [5.41, 5.74) is 0.128. The minimum absolute atomic E-state index is 0.00918. The number of benzene rings is 2. The molecule has 2 aromatic carbocycles. The normalized spacial score (nSPS) is 11.7. The number of rotatable bonds is 3. The topological polar surface area (TPSA) is 35.8 Å². The van der Waals surface area contributed by atoms with Gasteiger partial charge in [-0.05, 0) is 24.3 Å². The van der Waals surface area contributed by atoms with Crippen LogP contribution in [0.4, 0.5) is 14.5 Å². The number of hydrogen-bond donors (Lipinski definition) is 1. The smallest absolute Gasteiger partial charge is 0.146 e. The quantitative estimate of drug-likeness (QED) is 0.909. The van der Waals surface area contributed by atoms with Crippen molar-refractivity contribution in [3.05, 3.63) is 64.7 Å². The molecular weight excluding hydrogens is 270 g/mol. The maximum atomic E-state index is 13.7. The second-order valence-electron chi connectivity index (χ2n) is 3.82. The van der Waals surface area contributed by atoms with Crippen molar-refractivity contribution in [3.63, 3.8) is 0 Å². The third-order valence-electron chi connectivity index (χ3n) is 2.59. The van der Waals surface area contributed by atoms with Crippen molar-refractivity contribution in [2.75, 3.05) is 5.32 Å². The number of anilines is 1. The van der Waals surface area contributed by atoms with E-state index in [2.05, 4.69) is 5.32 Å². The summed E-state index contributed by atoms with van der Waals surface area (Å²) in [4.78, 5) is 0. The van der Waals surface area contributed by atoms with E-state index < -0.39 is 17.7 Å². The molecule has 19 heavy (non-hydrogen) atoms. The molecule has 0 bridgehead atoms. The third-order valence-corrected chi connectivity index (χ3v) is 2.92. The van der Waals surface area contributed by atoms with E-state index in [9.17, 15) is 8.78 Å². The van der Waals surface area contributed by atoms with Crippen molar-refractivity contribution in [1.82, 2.24) is 0 Å². The van der Waals surface area contributed by atoms with Crippen LogP contribution in [0.5, 0.6) is 0 Å². The van der Waals surface area contributed by atoms with Crippen LogP contribution in [0.2, 0.25) is 5.02 Å². The van der Waals surface area contributed by atoms with Gasteiger partial charge in [0.2, 0.25) is 0 Å². The fraction of sp³-hybridized carbons (Fsp3) is 0.0714. The summed E-state index contributed by atoms with van der Waals surface area (Å²) in [7, 11) is 0. The predicted octanol–water partition coefficient (Wildman–Crippen LogP) is 4.29. The lowest BCUT2D eigenvalue weighted by molar-refractivity contribution is 0.604. The monoisotopic (exact) mass is 278 g/mol. The van der Waals surface area contributed by atoms with Gasteiger partial charge in [0.25, 0.3) is 0 Å². The van der Waals surface area contributed by atoms with Crippen LogP contribution in [0, 0.1) is 23.0 Å². The van der Waals surface area contributed by atoms with Crippen LogP contribution in [-0.4, -0.2) is 0 Å². The standard InChI is InChI=1S/C14H9ClF2N2/c15-9-4-3-6-11(17)14(9)13(8-18)19-12-7-2-1-5-10(12)16/h1-7,13,19H. The molecule has 5 heteroatoms. The average Bonchev–Trinajstić information content (AvgIpc) is 2.39. The zero-order chi connectivity index (χ0) is 13.8. The van der Waals surface area contributed by atoms with Crippen molar-refractivity contribution in [2.45, 2.75) is 6.04 Å². The Bertz CT molecular complexity index is 617. The third kappa shape index (κ3) is 2.83. The molecule has 0 amide bonds. The number of para-hydroxylation sites is 1. The summed E-state index contributed by atoms with van der Waals surface area (Å²) in [6.07, 6.45) is 0. The van der Waals surface area contributed by atoms with E-state index in [1.54, 1.807) is 6.07 Å². The number of nitrogens with one attached hydrogen (secondary N) is 1. The van der Waals surface area contributed by atoms with Gasteiger partial charge in [-0.2, -0.15) is 5.26 Å². The van der Waals surface area contributed by atoms with Crippen LogP contribution < -0.4 is 5.32 Å². The molecule has 2 rings (SSSR count). The Hall–Kier alpha value is -2.12. The highest BCUT2D eigenvalue weighted by Gasteiger charge is 2.19. The minimum Gasteiger partial charge on any atom is -0.364 e. The molecule has 0 saturated carbocycles. The van der Waals surface area contributed by atoms with E-state index >= 15 is 0 Å². The Labute approximate surface area is 114 Å². The molecule has 2 aromatic rings. The van der Waals surface area contributed by atoms with Crippen LogP contribution in [0.3, 0.4) is 0 Å². The van der Waals surface area contributed by atoms with Crippen molar-refractivity contribution < 1.29 is 8.78 Å². The van der Waals surface area contributed by atoms with Crippen LogP contribution in [-0.2, 0) is 0 Å². The van der Waals surface area contributed by atoms with Gasteiger partial charge < -0.3 is 5.32 Å². The fourth-order valence-corrected chi connectivity index (χ4v) is 1.96. The summed E-state index contributed by atoms with van der Waals surface area (Å²) < 4.78 is 27.2. The van der Waals surface area contributed by atoms with Gasteiger partial charge in [-0.1, -0.05) is 29.8 Å². The zero-order valence-electron chi connectivity index (χ0n) is 9.70. The molecule has 1 unspecified atom stereocenters. The highest BCUT2D eigenvalue weighted by Crippen LogP contribution is 2.29. The Morgan fingerprint density at radius 1 is 1.05 bits per heavy atom. The second-order valence-corrected chi connectivity index (χ2v) is 4.23. The van der Waals surface area contributed by atoms with Gasteiger partial charge in [-0.3, -0.25) is 0 Å². The first-order chi connectivity index (χ1) is 9.13. The molecule has 0 heterocycles. The number of nitriles is 1. The molecular formula is C14H9ClF2N2. The maximum absolute atomic E-state index is 13.7. The molecule has 2 nitrogen and oxygen atoms in total. The first-order valence-electron chi connectivity index (χ1n) is 5.48. The van der Waals surface area contributed by atoms with Crippen molar-refractivity contribution >= 4 is 17.3 Å². The van der Waals surface area contributed by atoms with Gasteiger partial charge in [0.1, 0.15) is 17.7 Å². The van der Waals surface area contributed by atoms with E-state index in [0.29, 0.717) is 0 Å². The van der Waals surface area contributed by atoms with Gasteiger partial charge in [-0.25, -0.2) is 8.78 Å². The largest absolute Gasteiger partial charge is 0.364 e. The lowest BCUT2D eigenvalue weighted by Gasteiger charge is -2.15. The highest BCUT2D eigenvalue weighted by molar-refractivity contribution is 6.31. The molecule has 0 spiro atoms. The lowest BCUT2D eigenvalue weighted by Crippen LogP contribution is -2.12. The molecule has 0 aliphatic heterocycles. The molecule has 0 aliphatic rings. The predicted molar refractivity (Wildman–Crippen MR) is 69.8 cm³/mol. The van der Waals surface area contributed by atoms with E-state index in [1.165, 1.54) is 36.4 Å². The van der Waals surface area contributed by atoms with Gasteiger partial charge in [0.05, 0.1) is 11.8 Å². The fourth-order valence-electron chi connectivity index (χ4n) is 1.69. The van der Waals surface area contributed by atoms with Crippen LogP contribution >= 0.6 is 11.6 Å². The summed E-state index contributed by atoms with van der Waals surface area (Å²) in [5.74, 6) is -1.13. The average molecular weight is 279 g/mol. The molecule has 0 fully saturated rings. The number of halogens is 3. The van der Waals surface area contributed by atoms with Gasteiger partial charge in [0, 0.05) is 10.6 Å². The molecule has 0 aromatic heterocycles. The van der Waals surface area contributed by atoms with Crippen LogP contribution in [0.25, 0.3) is 0 Å². The molecule has 0 radical (unpaired) electrons. The second kappa shape index (κ2) is 5.68. The first kappa shape index (κ1) is 13.3. The number of nitrogens with zero attached hydrogens (tertiary/aromatic N) is 1. The summed E-state index contributed by atoms with van der Waals surface area (Å²) in [5, 5.41) is 11.9. The van der Waals surface area contributed by atoms with Gasteiger partial charge >= 0.3 is 0 Å². The SMILES string of the molecule is N#CC(Nc1ccccc1F)c1c(F)cccc1Cl. The van der Waals surface area contributed by atoms with Crippen molar-refractivity contribution in [1.29, 1.82) is 5.26 Å². The lowest BCUT2D eigenvalue weighted by atomic mass is 10.1. The summed E-state index contributed by atoms with van der Waals surface area (Å²) in [6.45, 7) is 0. The minimum atomic E-state index is -1.06. The van der Waals surface area contributed by atoms with Crippen molar-refractivity contribution in [3.8, 4) is 6.07 Å². The van der Waals surface area contributed by atoms with Gasteiger partial charge in [0.15, 0.2) is 0 Å². The summed E-state index contributed by atoms with van der Waals surface area (Å²) >= 11 is 5.88. The van der Waals surface area contributed by atoms with E-state index in [0.717, 1.165) is 0 Å². The Morgan fingerprint density at radius 2 is 1.74 bits per heavy atom. The Morgan fingerprint density at radius 3 is 2.37 bits per heavy atom. The zero-order valence-corrected chi connectivity index (χ0v) is 10.5. The van der Waals surface area contributed by atoms with E-state index in [4.69, 9.17) is 16.9 Å². The molecule has 1 atom stereocenters. The summed E-state index contributed by atoms with van der Waals surface area (Å²) in [6, 6.07) is 10.8. The van der Waals surface area contributed by atoms with Crippen LogP contribution in [0.15, 0.2) is 42.5 Å². The number of hydrogen-bond acceptors (Lipinski definition) is 2. The van der Waals surface area contributed by atoms with E-state index in [-0.39, 0.29) is 16.3 Å². The van der Waals surface area contributed by atoms with Gasteiger partial charge in [-0.15, -0.1) is 0 Å². The highest BCUT2D eigenvalue weighted by atomic mass is 35.5. The molecule has 0 saturated heterocycles. The molecule has 96 valence electrons. The molecule has 0 aliphatic carbocycles. The molecule has 1 N–H and O–H groups in total. The van der Waals surface area contributed by atoms with E-state index in [1.807, 2.05) is 6.07 Å².